The minimum Gasteiger partial charge on any atom is -0.483 e. The molecule has 1 aliphatic heterocycles. The number of methoxy groups -OCH3 is 2. The van der Waals surface area contributed by atoms with Crippen LogP contribution in [0.25, 0.3) is 0 Å². The van der Waals surface area contributed by atoms with Crippen molar-refractivity contribution in [1.82, 2.24) is 0 Å². The van der Waals surface area contributed by atoms with E-state index >= 15 is 0 Å². The molecule has 3 atom stereocenters. The van der Waals surface area contributed by atoms with Crippen LogP contribution < -0.4 is 0 Å². The topological polar surface area (TPSA) is 63.4 Å². The monoisotopic (exact) mass is 266 g/mol. The fourth-order valence-corrected chi connectivity index (χ4v) is 2.63. The first-order valence-corrected chi connectivity index (χ1v) is 6.66. The van der Waals surface area contributed by atoms with Crippen LogP contribution in [-0.4, -0.2) is 48.8 Å². The van der Waals surface area contributed by atoms with E-state index in [1.807, 2.05) is 6.08 Å². The zero-order valence-electron chi connectivity index (χ0n) is 12.0. The number of nitrogens with zero attached hydrogens (tertiary/aromatic N) is 2. The summed E-state index contributed by atoms with van der Waals surface area (Å²) in [5, 5.41) is 10.3. The maximum Gasteiger partial charge on any atom is 0.215 e. The number of aliphatic imine (C=N–C) groups is 2. The van der Waals surface area contributed by atoms with Crippen molar-refractivity contribution >= 4 is 11.8 Å². The first kappa shape index (κ1) is 14.1. The molecule has 0 saturated heterocycles. The summed E-state index contributed by atoms with van der Waals surface area (Å²) in [5.74, 6) is 1.34. The van der Waals surface area contributed by atoms with Crippen molar-refractivity contribution < 1.29 is 14.6 Å². The predicted octanol–water partition coefficient (Wildman–Crippen LogP) is 1.56. The van der Waals surface area contributed by atoms with E-state index in [4.69, 9.17) is 9.47 Å². The van der Waals surface area contributed by atoms with Gasteiger partial charge in [-0.25, -0.2) is 9.98 Å². The molecular formula is C14H22N2O3. The Labute approximate surface area is 114 Å². The maximum atomic E-state index is 10.3. The van der Waals surface area contributed by atoms with Gasteiger partial charge in [-0.1, -0.05) is 26.0 Å². The lowest BCUT2D eigenvalue weighted by Gasteiger charge is -2.39. The van der Waals surface area contributed by atoms with E-state index in [0.717, 1.165) is 6.42 Å². The van der Waals surface area contributed by atoms with Gasteiger partial charge in [0.05, 0.1) is 14.2 Å². The molecule has 5 heteroatoms. The van der Waals surface area contributed by atoms with Crippen LogP contribution in [0.2, 0.25) is 0 Å². The molecule has 1 aliphatic carbocycles. The highest BCUT2D eigenvalue weighted by molar-refractivity contribution is 5.97. The van der Waals surface area contributed by atoms with E-state index in [9.17, 15) is 5.11 Å². The van der Waals surface area contributed by atoms with E-state index in [0.29, 0.717) is 18.2 Å². The molecule has 0 amide bonds. The van der Waals surface area contributed by atoms with E-state index < -0.39 is 11.6 Å². The summed E-state index contributed by atoms with van der Waals surface area (Å²) in [6.07, 6.45) is 4.50. The van der Waals surface area contributed by atoms with Crippen LogP contribution in [0.3, 0.4) is 0 Å². The van der Waals surface area contributed by atoms with Crippen molar-refractivity contribution in [3.05, 3.63) is 12.2 Å². The van der Waals surface area contributed by atoms with Crippen LogP contribution >= 0.6 is 0 Å². The highest BCUT2D eigenvalue weighted by atomic mass is 16.5. The SMILES string of the molecule is COC1=N[C@]2(CCC=C[C@H]2O)C(OC)=N[C@@H]1C(C)C. The summed E-state index contributed by atoms with van der Waals surface area (Å²) >= 11 is 0. The lowest BCUT2D eigenvalue weighted by atomic mass is 9.82. The number of aliphatic hydroxyl groups excluding tert-OH is 1. The summed E-state index contributed by atoms with van der Waals surface area (Å²) in [6, 6.07) is -0.149. The molecule has 0 unspecified atom stereocenters. The van der Waals surface area contributed by atoms with Crippen molar-refractivity contribution in [2.45, 2.75) is 44.4 Å². The molecule has 0 bridgehead atoms. The summed E-state index contributed by atoms with van der Waals surface area (Å²) < 4.78 is 10.8. The molecule has 1 N–H and O–H groups in total. The number of hydrogen-bond acceptors (Lipinski definition) is 5. The summed E-state index contributed by atoms with van der Waals surface area (Å²) in [4.78, 5) is 9.29. The van der Waals surface area contributed by atoms with Gasteiger partial charge in [-0.3, -0.25) is 0 Å². The average molecular weight is 266 g/mol. The Morgan fingerprint density at radius 1 is 1.37 bits per heavy atom. The molecule has 0 aromatic carbocycles. The number of ether oxygens (including phenoxy) is 2. The first-order chi connectivity index (χ1) is 9.05. The summed E-state index contributed by atoms with van der Waals surface area (Å²) in [5.41, 5.74) is -0.819. The highest BCUT2D eigenvalue weighted by Gasteiger charge is 2.48. The smallest absolute Gasteiger partial charge is 0.215 e. The van der Waals surface area contributed by atoms with Gasteiger partial charge >= 0.3 is 0 Å². The predicted molar refractivity (Wildman–Crippen MR) is 74.6 cm³/mol. The molecule has 0 aromatic heterocycles. The van der Waals surface area contributed by atoms with Crippen molar-refractivity contribution in [3.63, 3.8) is 0 Å². The zero-order valence-corrected chi connectivity index (χ0v) is 12.0. The van der Waals surface area contributed by atoms with Gasteiger partial charge in [-0.2, -0.15) is 0 Å². The molecule has 106 valence electrons. The third kappa shape index (κ3) is 2.27. The lowest BCUT2D eigenvalue weighted by molar-refractivity contribution is 0.131. The van der Waals surface area contributed by atoms with Gasteiger partial charge in [0.1, 0.15) is 12.1 Å². The molecule has 1 heterocycles. The lowest BCUT2D eigenvalue weighted by Crippen LogP contribution is -2.54. The molecular weight excluding hydrogens is 244 g/mol. The van der Waals surface area contributed by atoms with Crippen LogP contribution in [0.4, 0.5) is 0 Å². The van der Waals surface area contributed by atoms with E-state index in [1.165, 1.54) is 0 Å². The van der Waals surface area contributed by atoms with Gasteiger partial charge in [0, 0.05) is 0 Å². The minimum absolute atomic E-state index is 0.149. The molecule has 5 nitrogen and oxygen atoms in total. The van der Waals surface area contributed by atoms with E-state index in [2.05, 4.69) is 23.8 Å². The molecule has 0 aromatic rings. The first-order valence-electron chi connectivity index (χ1n) is 6.66. The molecule has 0 fully saturated rings. The Balaban J connectivity index is 2.46. The summed E-state index contributed by atoms with van der Waals surface area (Å²) in [7, 11) is 3.18. The van der Waals surface area contributed by atoms with Gasteiger partial charge < -0.3 is 14.6 Å². The Bertz CT molecular complexity index is 428. The van der Waals surface area contributed by atoms with Crippen LogP contribution in [0.15, 0.2) is 22.1 Å². The third-order valence-electron chi connectivity index (χ3n) is 3.72. The second kappa shape index (κ2) is 5.33. The second-order valence-corrected chi connectivity index (χ2v) is 5.32. The molecule has 2 aliphatic rings. The fourth-order valence-electron chi connectivity index (χ4n) is 2.63. The van der Waals surface area contributed by atoms with Gasteiger partial charge in [0.2, 0.25) is 11.8 Å². The Morgan fingerprint density at radius 2 is 2.11 bits per heavy atom. The number of hydrogen-bond donors (Lipinski definition) is 1. The van der Waals surface area contributed by atoms with Crippen LogP contribution in [0, 0.1) is 5.92 Å². The second-order valence-electron chi connectivity index (χ2n) is 5.32. The normalized spacial score (nSPS) is 34.2. The summed E-state index contributed by atoms with van der Waals surface area (Å²) in [6.45, 7) is 4.12. The third-order valence-corrected chi connectivity index (χ3v) is 3.72. The van der Waals surface area contributed by atoms with Crippen molar-refractivity contribution in [1.29, 1.82) is 0 Å². The van der Waals surface area contributed by atoms with Crippen LogP contribution in [0.1, 0.15) is 26.7 Å². The van der Waals surface area contributed by atoms with Crippen molar-refractivity contribution in [2.24, 2.45) is 15.9 Å². The average Bonchev–Trinajstić information content (AvgIpc) is 2.41. The Hall–Kier alpha value is -1.36. The van der Waals surface area contributed by atoms with Crippen LogP contribution in [0.5, 0.6) is 0 Å². The van der Waals surface area contributed by atoms with Crippen molar-refractivity contribution in [3.8, 4) is 0 Å². The standard InChI is InChI=1S/C14H22N2O3/c1-9(2)11-12(18-3)16-14(13(15-11)19-4)8-6-5-7-10(14)17/h5,7,9-11,17H,6,8H2,1-4H3/t10-,11-,14+/m1/s1. The van der Waals surface area contributed by atoms with E-state index in [1.54, 1.807) is 20.3 Å². The Kier molecular flexibility index (Phi) is 3.94. The molecule has 19 heavy (non-hydrogen) atoms. The maximum absolute atomic E-state index is 10.3. The molecule has 0 saturated carbocycles. The highest BCUT2D eigenvalue weighted by Crippen LogP contribution is 2.34. The van der Waals surface area contributed by atoms with Gasteiger partial charge in [0.25, 0.3) is 0 Å². The number of aliphatic hydroxyl groups is 1. The van der Waals surface area contributed by atoms with E-state index in [-0.39, 0.29) is 12.0 Å². The quantitative estimate of drug-likeness (QED) is 0.733. The molecule has 0 radical (unpaired) electrons. The van der Waals surface area contributed by atoms with Gasteiger partial charge in [-0.15, -0.1) is 0 Å². The fraction of sp³-hybridized carbons (Fsp3) is 0.714. The molecule has 2 rings (SSSR count). The molecule has 1 spiro atoms. The van der Waals surface area contributed by atoms with Crippen LogP contribution in [-0.2, 0) is 9.47 Å². The minimum atomic E-state index is -0.819. The Morgan fingerprint density at radius 3 is 2.63 bits per heavy atom. The van der Waals surface area contributed by atoms with Crippen molar-refractivity contribution in [2.75, 3.05) is 14.2 Å². The number of allylic oxidation sites excluding steroid dienone is 1. The van der Waals surface area contributed by atoms with Gasteiger partial charge in [0.15, 0.2) is 5.54 Å². The number of rotatable bonds is 1. The zero-order chi connectivity index (χ0) is 14.0. The van der Waals surface area contributed by atoms with Gasteiger partial charge in [-0.05, 0) is 18.8 Å². The largest absolute Gasteiger partial charge is 0.483 e.